The molecule has 6 amide bonds. The molecule has 0 aromatic rings. The van der Waals surface area contributed by atoms with Crippen molar-refractivity contribution in [2.24, 2.45) is 27.9 Å². The Morgan fingerprint density at radius 1 is 0.774 bits per heavy atom. The smallest absolute Gasteiger partial charge is 0.305 e. The van der Waals surface area contributed by atoms with E-state index in [1.807, 2.05) is 0 Å². The van der Waals surface area contributed by atoms with Gasteiger partial charge in [0.25, 0.3) is 0 Å². The third kappa shape index (κ3) is 19.6. The molecule has 1 fully saturated rings. The highest BCUT2D eigenvalue weighted by Crippen LogP contribution is 2.22. The van der Waals surface area contributed by atoms with Crippen LogP contribution in [0.3, 0.4) is 0 Å². The fraction of sp³-hybridized carbons (Fsp3) is 0.735. The number of nitrogens with two attached hydrogens (primary N) is 4. The maximum Gasteiger partial charge on any atom is 0.305 e. The normalized spacial score (nSPS) is 15.4. The number of nitrogens with one attached hydrogen (secondary N) is 4. The number of nitrogens with zero attached hydrogens (tertiary/aromatic N) is 2. The lowest BCUT2D eigenvalue weighted by Gasteiger charge is -2.29. The number of aliphatic imine (C=N–C) groups is 1. The molecule has 0 bridgehead atoms. The number of hydrogen-bond donors (Lipinski definition) is 9. The van der Waals surface area contributed by atoms with Gasteiger partial charge in [0.05, 0.1) is 32.0 Å². The lowest BCUT2D eigenvalue weighted by Crippen LogP contribution is -2.57. The number of rotatable bonds is 28. The Balaban J connectivity index is 2.86. The van der Waals surface area contributed by atoms with Crippen LogP contribution in [0, 0.1) is 0 Å². The van der Waals surface area contributed by atoms with Crippen molar-refractivity contribution < 1.29 is 43.5 Å². The van der Waals surface area contributed by atoms with Crippen LogP contribution in [0.4, 0.5) is 0 Å². The number of unbranched alkanes of at least 4 members (excludes halogenated alkanes) is 8. The molecule has 1 heterocycles. The molecule has 0 aromatic carbocycles. The quantitative estimate of drug-likeness (QED) is 0.0248. The van der Waals surface area contributed by atoms with Crippen LogP contribution in [-0.2, 0) is 38.4 Å². The van der Waals surface area contributed by atoms with Gasteiger partial charge < -0.3 is 54.2 Å². The van der Waals surface area contributed by atoms with Gasteiger partial charge in [-0.2, -0.15) is 0 Å². The van der Waals surface area contributed by atoms with E-state index in [9.17, 15) is 43.5 Å². The van der Waals surface area contributed by atoms with Gasteiger partial charge in [-0.15, -0.1) is 0 Å². The van der Waals surface area contributed by atoms with E-state index in [2.05, 4.69) is 33.2 Å². The van der Waals surface area contributed by atoms with Gasteiger partial charge in [0, 0.05) is 19.5 Å². The number of carbonyl (C=O) groups excluding carboxylic acids is 7. The molecule has 0 radical (unpaired) electrons. The van der Waals surface area contributed by atoms with E-state index < -0.39 is 91.5 Å². The van der Waals surface area contributed by atoms with Crippen LogP contribution in [0.25, 0.3) is 0 Å². The van der Waals surface area contributed by atoms with Crippen LogP contribution in [0.5, 0.6) is 0 Å². The van der Waals surface area contributed by atoms with E-state index in [-0.39, 0.29) is 37.7 Å². The van der Waals surface area contributed by atoms with Crippen molar-refractivity contribution in [3.8, 4) is 0 Å². The molecule has 19 nitrogen and oxygen atoms in total. The third-order valence-corrected chi connectivity index (χ3v) is 8.69. The molecule has 1 aliphatic rings. The van der Waals surface area contributed by atoms with E-state index in [4.69, 9.17) is 22.9 Å². The molecule has 0 spiro atoms. The fourth-order valence-corrected chi connectivity index (χ4v) is 5.96. The fourth-order valence-electron chi connectivity index (χ4n) is 5.96. The topological polar surface area (TPSA) is 325 Å². The molecule has 13 N–H and O–H groups in total. The van der Waals surface area contributed by atoms with Crippen molar-refractivity contribution in [1.82, 2.24) is 26.2 Å². The number of carboxylic acids is 1. The van der Waals surface area contributed by atoms with Gasteiger partial charge in [-0.25, -0.2) is 0 Å². The summed E-state index contributed by atoms with van der Waals surface area (Å²) in [5.41, 5.74) is 21.3. The highest BCUT2D eigenvalue weighted by molar-refractivity contribution is 5.98. The summed E-state index contributed by atoms with van der Waals surface area (Å²) < 4.78 is 0. The molecule has 300 valence electrons. The van der Waals surface area contributed by atoms with Gasteiger partial charge in [0.1, 0.15) is 18.1 Å². The Morgan fingerprint density at radius 3 is 1.98 bits per heavy atom. The number of carboxylic acid groups (broad SMARTS) is 1. The Hall–Kier alpha value is -4.81. The van der Waals surface area contributed by atoms with Crippen molar-refractivity contribution in [3.63, 3.8) is 0 Å². The summed E-state index contributed by atoms with van der Waals surface area (Å²) in [4.78, 5) is 106. The van der Waals surface area contributed by atoms with Gasteiger partial charge in [0.15, 0.2) is 11.7 Å². The largest absolute Gasteiger partial charge is 0.481 e. The Bertz CT molecular complexity index is 1280. The molecule has 0 aromatic heterocycles. The van der Waals surface area contributed by atoms with Crippen LogP contribution >= 0.6 is 0 Å². The third-order valence-electron chi connectivity index (χ3n) is 8.69. The maximum atomic E-state index is 13.6. The molecule has 19 heteroatoms. The molecule has 1 aliphatic heterocycles. The number of ketones is 1. The van der Waals surface area contributed by atoms with E-state index in [1.54, 1.807) is 0 Å². The number of Topliss-reactive ketones (excluding diaryl/α,β-unsaturated/α-hetero) is 1. The summed E-state index contributed by atoms with van der Waals surface area (Å²) in [6.45, 7) is 1.42. The zero-order valence-electron chi connectivity index (χ0n) is 30.9. The van der Waals surface area contributed by atoms with Crippen LogP contribution in [0.15, 0.2) is 4.99 Å². The Labute approximate surface area is 310 Å². The van der Waals surface area contributed by atoms with E-state index in [1.165, 1.54) is 37.0 Å². The zero-order valence-corrected chi connectivity index (χ0v) is 30.9. The number of amides is 6. The summed E-state index contributed by atoms with van der Waals surface area (Å²) in [6, 6.07) is -5.10. The van der Waals surface area contributed by atoms with Gasteiger partial charge in [-0.05, 0) is 32.1 Å². The standard InChI is InChI=1S/C34H60N10O9/c1-2-3-4-5-6-7-8-9-10-15-26(45)25-14-12-17-44(25)33(53)24(18-27(36)46)43-32(52)23(19-30(49)50)42-29(48)21-40-31(51)22(41-28(47)20-35)13-11-16-39-34(37)38/h22-25H,2-21,35H2,1H3,(H2,36,46)(H,40,51)(H,41,47)(H,42,48)(H,43,52)(H,49,50)(H4,37,38,39)/t22-,23?,24-,25+/m1/s1. The second kappa shape index (κ2) is 26.0. The average Bonchev–Trinajstić information content (AvgIpc) is 3.60. The van der Waals surface area contributed by atoms with Gasteiger partial charge in [0.2, 0.25) is 35.4 Å². The SMILES string of the molecule is CCCCCCCCCCCC(=O)[C@@H]1CCCN1C(=O)[C@@H](CC(N)=O)NC(=O)C(CC(=O)O)NC(=O)CNC(=O)[C@@H](CCCN=C(N)N)NC(=O)CN. The first-order valence-electron chi connectivity index (χ1n) is 18.5. The van der Waals surface area contributed by atoms with Crippen LogP contribution < -0.4 is 44.2 Å². The molecular weight excluding hydrogens is 692 g/mol. The first kappa shape index (κ1) is 46.2. The van der Waals surface area contributed by atoms with Crippen molar-refractivity contribution >= 4 is 53.2 Å². The molecular formula is C34H60N10O9. The molecule has 1 saturated heterocycles. The molecule has 0 aliphatic carbocycles. The Morgan fingerprint density at radius 2 is 1.40 bits per heavy atom. The predicted molar refractivity (Wildman–Crippen MR) is 195 cm³/mol. The average molecular weight is 753 g/mol. The van der Waals surface area contributed by atoms with Crippen LogP contribution in [0.1, 0.15) is 110 Å². The van der Waals surface area contributed by atoms with Crippen LogP contribution in [0.2, 0.25) is 0 Å². The monoisotopic (exact) mass is 752 g/mol. The van der Waals surface area contributed by atoms with E-state index >= 15 is 0 Å². The number of hydrogen-bond acceptors (Lipinski definition) is 10. The van der Waals surface area contributed by atoms with E-state index in [0.29, 0.717) is 25.7 Å². The number of guanidine groups is 1. The van der Waals surface area contributed by atoms with Crippen molar-refractivity contribution in [2.75, 3.05) is 26.2 Å². The summed E-state index contributed by atoms with van der Waals surface area (Å²) in [7, 11) is 0. The van der Waals surface area contributed by atoms with Gasteiger partial charge in [-0.1, -0.05) is 58.3 Å². The minimum atomic E-state index is -1.73. The highest BCUT2D eigenvalue weighted by Gasteiger charge is 2.38. The summed E-state index contributed by atoms with van der Waals surface area (Å²) in [6.07, 6.45) is 9.82. The molecule has 4 atom stereocenters. The van der Waals surface area contributed by atoms with Crippen molar-refractivity contribution in [2.45, 2.75) is 134 Å². The maximum absolute atomic E-state index is 13.6. The molecule has 1 rings (SSSR count). The predicted octanol–water partition coefficient (Wildman–Crippen LogP) is -1.60. The van der Waals surface area contributed by atoms with Gasteiger partial charge in [-0.3, -0.25) is 43.3 Å². The lowest BCUT2D eigenvalue weighted by atomic mass is 10.0. The lowest BCUT2D eigenvalue weighted by molar-refractivity contribution is -0.144. The van der Waals surface area contributed by atoms with Crippen molar-refractivity contribution in [3.05, 3.63) is 0 Å². The second-order valence-corrected chi connectivity index (χ2v) is 13.2. The summed E-state index contributed by atoms with van der Waals surface area (Å²) in [5, 5.41) is 18.7. The van der Waals surface area contributed by atoms with Gasteiger partial charge >= 0.3 is 5.97 Å². The number of carbonyl (C=O) groups is 8. The zero-order chi connectivity index (χ0) is 39.8. The molecule has 53 heavy (non-hydrogen) atoms. The minimum absolute atomic E-state index is 0.0814. The molecule has 0 saturated carbocycles. The summed E-state index contributed by atoms with van der Waals surface area (Å²) in [5.74, 6) is -6.88. The van der Waals surface area contributed by atoms with E-state index in [0.717, 1.165) is 19.3 Å². The minimum Gasteiger partial charge on any atom is -0.481 e. The number of primary amides is 1. The highest BCUT2D eigenvalue weighted by atomic mass is 16.4. The summed E-state index contributed by atoms with van der Waals surface area (Å²) >= 11 is 0. The van der Waals surface area contributed by atoms with Crippen molar-refractivity contribution in [1.29, 1.82) is 0 Å². The Kier molecular flexibility index (Phi) is 22.7. The van der Waals surface area contributed by atoms with Crippen LogP contribution in [-0.4, -0.2) is 114 Å². The second-order valence-electron chi connectivity index (χ2n) is 13.2. The first-order valence-corrected chi connectivity index (χ1v) is 18.5. The first-order chi connectivity index (χ1) is 25.2. The number of likely N-dealkylation sites (tertiary alicyclic amines) is 1. The number of aliphatic carboxylic acids is 1. The molecule has 1 unspecified atom stereocenters.